The van der Waals surface area contributed by atoms with Gasteiger partial charge in [-0.15, -0.1) is 5.10 Å². The van der Waals surface area contributed by atoms with Gasteiger partial charge in [-0.1, -0.05) is 6.92 Å². The molecule has 2 rings (SSSR count). The molecule has 0 aliphatic heterocycles. The molecule has 7 nitrogen and oxygen atoms in total. The number of ether oxygens (including phenoxy) is 1. The molecule has 0 unspecified atom stereocenters. The fourth-order valence-corrected chi connectivity index (χ4v) is 1.40. The monoisotopic (exact) mass is 248 g/mol. The zero-order valence-corrected chi connectivity index (χ0v) is 10.7. The summed E-state index contributed by atoms with van der Waals surface area (Å²) in [6, 6.07) is 2.01. The summed E-state index contributed by atoms with van der Waals surface area (Å²) in [6.45, 7) is 4.77. The Morgan fingerprint density at radius 1 is 1.39 bits per heavy atom. The van der Waals surface area contributed by atoms with Crippen molar-refractivity contribution in [2.24, 2.45) is 7.05 Å². The summed E-state index contributed by atoms with van der Waals surface area (Å²) in [4.78, 5) is 12.4. The first-order valence-electron chi connectivity index (χ1n) is 5.80. The highest BCUT2D eigenvalue weighted by Crippen LogP contribution is 2.18. The quantitative estimate of drug-likeness (QED) is 0.864. The molecule has 96 valence electrons. The summed E-state index contributed by atoms with van der Waals surface area (Å²) >= 11 is 0. The number of nitrogens with one attached hydrogen (secondary N) is 1. The first-order chi connectivity index (χ1) is 8.67. The fraction of sp³-hybridized carbons (Fsp3) is 0.455. The van der Waals surface area contributed by atoms with Crippen LogP contribution < -0.4 is 10.1 Å². The van der Waals surface area contributed by atoms with E-state index in [0.29, 0.717) is 11.7 Å². The molecule has 0 fully saturated rings. The molecule has 2 aromatic rings. The molecule has 0 atom stereocenters. The normalized spacial score (nSPS) is 10.4. The summed E-state index contributed by atoms with van der Waals surface area (Å²) in [7, 11) is 1.78. The Balaban J connectivity index is 2.14. The van der Waals surface area contributed by atoms with Crippen LogP contribution in [0.15, 0.2) is 12.4 Å². The van der Waals surface area contributed by atoms with Crippen LogP contribution in [0.3, 0.4) is 0 Å². The number of nitrogens with zero attached hydrogens (tertiary/aromatic N) is 5. The minimum atomic E-state index is 0.275. The van der Waals surface area contributed by atoms with E-state index in [4.69, 9.17) is 4.74 Å². The average molecular weight is 248 g/mol. The topological polar surface area (TPSA) is 77.8 Å². The van der Waals surface area contributed by atoms with Crippen LogP contribution in [-0.4, -0.2) is 31.3 Å². The molecule has 0 saturated carbocycles. The van der Waals surface area contributed by atoms with Gasteiger partial charge in [0, 0.05) is 19.7 Å². The highest BCUT2D eigenvalue weighted by Gasteiger charge is 2.06. The molecular weight excluding hydrogens is 232 g/mol. The molecule has 2 aromatic heterocycles. The maximum atomic E-state index is 5.47. The zero-order valence-electron chi connectivity index (χ0n) is 10.7. The number of hydrogen-bond donors (Lipinski definition) is 1. The second-order valence-corrected chi connectivity index (χ2v) is 3.87. The number of anilines is 1. The maximum Gasteiger partial charge on any atom is 0.342 e. The standard InChI is InChI=1S/C11H16N6O/c1-4-5-12-9-6-10(15-8(2)14-9)18-11-13-7-17(3)16-11/h6-7H,4-5H2,1-3H3,(H,12,14,15). The van der Waals surface area contributed by atoms with E-state index in [9.17, 15) is 0 Å². The highest BCUT2D eigenvalue weighted by atomic mass is 16.5. The van der Waals surface area contributed by atoms with Gasteiger partial charge < -0.3 is 10.1 Å². The Morgan fingerprint density at radius 3 is 2.89 bits per heavy atom. The zero-order chi connectivity index (χ0) is 13.0. The Hall–Kier alpha value is -2.18. The number of hydrogen-bond acceptors (Lipinski definition) is 6. The minimum Gasteiger partial charge on any atom is -0.404 e. The van der Waals surface area contributed by atoms with Crippen LogP contribution in [0.25, 0.3) is 0 Å². The van der Waals surface area contributed by atoms with Crippen molar-refractivity contribution in [2.75, 3.05) is 11.9 Å². The van der Waals surface area contributed by atoms with E-state index >= 15 is 0 Å². The first kappa shape index (κ1) is 12.3. The summed E-state index contributed by atoms with van der Waals surface area (Å²) in [5, 5.41) is 7.22. The molecule has 0 aliphatic rings. The molecule has 18 heavy (non-hydrogen) atoms. The lowest BCUT2D eigenvalue weighted by Gasteiger charge is -2.06. The molecule has 0 spiro atoms. The molecule has 2 heterocycles. The van der Waals surface area contributed by atoms with E-state index in [-0.39, 0.29) is 6.01 Å². The van der Waals surface area contributed by atoms with Crippen LogP contribution in [0.1, 0.15) is 19.2 Å². The smallest absolute Gasteiger partial charge is 0.342 e. The molecular formula is C11H16N6O. The van der Waals surface area contributed by atoms with E-state index in [1.54, 1.807) is 24.1 Å². The van der Waals surface area contributed by atoms with Crippen molar-refractivity contribution >= 4 is 5.82 Å². The van der Waals surface area contributed by atoms with Crippen LogP contribution in [-0.2, 0) is 7.05 Å². The van der Waals surface area contributed by atoms with Gasteiger partial charge in [0.25, 0.3) is 0 Å². The summed E-state index contributed by atoms with van der Waals surface area (Å²) in [5.74, 6) is 1.82. The van der Waals surface area contributed by atoms with Crippen LogP contribution >= 0.6 is 0 Å². The number of aryl methyl sites for hydroxylation is 2. The molecule has 0 bridgehead atoms. The lowest BCUT2D eigenvalue weighted by Crippen LogP contribution is -2.04. The van der Waals surface area contributed by atoms with Crippen molar-refractivity contribution in [3.63, 3.8) is 0 Å². The van der Waals surface area contributed by atoms with Crippen molar-refractivity contribution in [3.8, 4) is 11.9 Å². The van der Waals surface area contributed by atoms with E-state index in [2.05, 4.69) is 32.3 Å². The molecule has 0 aromatic carbocycles. The van der Waals surface area contributed by atoms with Crippen molar-refractivity contribution in [3.05, 3.63) is 18.2 Å². The van der Waals surface area contributed by atoms with Crippen LogP contribution in [0, 0.1) is 6.92 Å². The van der Waals surface area contributed by atoms with Gasteiger partial charge in [0.05, 0.1) is 0 Å². The van der Waals surface area contributed by atoms with E-state index in [1.165, 1.54) is 0 Å². The fourth-order valence-electron chi connectivity index (χ4n) is 1.40. The van der Waals surface area contributed by atoms with Gasteiger partial charge in [0.15, 0.2) is 0 Å². The average Bonchev–Trinajstić information content (AvgIpc) is 2.71. The first-order valence-corrected chi connectivity index (χ1v) is 5.80. The number of aromatic nitrogens is 5. The predicted octanol–water partition coefficient (Wildman–Crippen LogP) is 1.53. The molecule has 0 radical (unpaired) electrons. The lowest BCUT2D eigenvalue weighted by molar-refractivity contribution is 0.420. The SMILES string of the molecule is CCCNc1cc(Oc2ncn(C)n2)nc(C)n1. The van der Waals surface area contributed by atoms with Gasteiger partial charge in [-0.05, 0) is 13.3 Å². The summed E-state index contributed by atoms with van der Waals surface area (Å²) in [6.07, 6.45) is 2.60. The van der Waals surface area contributed by atoms with Crippen molar-refractivity contribution in [2.45, 2.75) is 20.3 Å². The van der Waals surface area contributed by atoms with Gasteiger partial charge in [-0.25, -0.2) is 4.98 Å². The molecule has 0 aliphatic carbocycles. The second-order valence-electron chi connectivity index (χ2n) is 3.87. The van der Waals surface area contributed by atoms with E-state index in [1.807, 2.05) is 6.92 Å². The Labute approximate surface area is 105 Å². The van der Waals surface area contributed by atoms with Gasteiger partial charge in [-0.2, -0.15) is 9.97 Å². The lowest BCUT2D eigenvalue weighted by atomic mass is 10.4. The van der Waals surface area contributed by atoms with Crippen LogP contribution in [0.4, 0.5) is 5.82 Å². The van der Waals surface area contributed by atoms with Gasteiger partial charge in [0.1, 0.15) is 18.0 Å². The third-order valence-electron chi connectivity index (χ3n) is 2.14. The Kier molecular flexibility index (Phi) is 3.71. The molecule has 7 heteroatoms. The molecule has 1 N–H and O–H groups in total. The second kappa shape index (κ2) is 5.44. The third-order valence-corrected chi connectivity index (χ3v) is 2.14. The third kappa shape index (κ3) is 3.16. The highest BCUT2D eigenvalue weighted by molar-refractivity contribution is 5.38. The van der Waals surface area contributed by atoms with E-state index in [0.717, 1.165) is 18.8 Å². The van der Waals surface area contributed by atoms with Crippen molar-refractivity contribution in [1.82, 2.24) is 24.7 Å². The summed E-state index contributed by atoms with van der Waals surface area (Å²) < 4.78 is 7.04. The largest absolute Gasteiger partial charge is 0.404 e. The van der Waals surface area contributed by atoms with Gasteiger partial charge in [0.2, 0.25) is 5.88 Å². The van der Waals surface area contributed by atoms with Crippen molar-refractivity contribution in [1.29, 1.82) is 0 Å². The van der Waals surface area contributed by atoms with E-state index < -0.39 is 0 Å². The van der Waals surface area contributed by atoms with Crippen LogP contribution in [0.2, 0.25) is 0 Å². The maximum absolute atomic E-state index is 5.47. The Bertz CT molecular complexity index is 524. The van der Waals surface area contributed by atoms with Gasteiger partial charge in [-0.3, -0.25) is 4.68 Å². The van der Waals surface area contributed by atoms with Crippen LogP contribution in [0.5, 0.6) is 11.9 Å². The predicted molar refractivity (Wildman–Crippen MR) is 66.6 cm³/mol. The van der Waals surface area contributed by atoms with Gasteiger partial charge >= 0.3 is 6.01 Å². The molecule has 0 amide bonds. The minimum absolute atomic E-state index is 0.275. The molecule has 0 saturated heterocycles. The summed E-state index contributed by atoms with van der Waals surface area (Å²) in [5.41, 5.74) is 0. The number of rotatable bonds is 5. The van der Waals surface area contributed by atoms with Crippen molar-refractivity contribution < 1.29 is 4.74 Å². The Morgan fingerprint density at radius 2 is 2.22 bits per heavy atom.